The molecule has 0 bridgehead atoms. The van der Waals surface area contributed by atoms with Gasteiger partial charge in [0.05, 0.1) is 6.10 Å². The number of hydrogen-bond acceptors (Lipinski definition) is 2. The molecule has 0 spiro atoms. The van der Waals surface area contributed by atoms with Gasteiger partial charge in [0.1, 0.15) is 4.34 Å². The molecule has 2 rings (SSSR count). The molecule has 1 N–H and O–H groups in total. The standard InChI is InChI=1S/C12H16BrClOS/c13-9-7-11(16-12(9)14)10(15)6-8-4-2-1-3-5-8/h7-8,10,15H,1-6H2. The first-order valence-electron chi connectivity index (χ1n) is 5.79. The van der Waals surface area contributed by atoms with E-state index in [0.29, 0.717) is 5.92 Å². The average molecular weight is 324 g/mol. The summed E-state index contributed by atoms with van der Waals surface area (Å²) in [6.07, 6.45) is 7.12. The minimum absolute atomic E-state index is 0.336. The molecular weight excluding hydrogens is 308 g/mol. The van der Waals surface area contributed by atoms with Gasteiger partial charge in [-0.3, -0.25) is 0 Å². The Morgan fingerprint density at radius 3 is 2.69 bits per heavy atom. The number of hydrogen-bond donors (Lipinski definition) is 1. The fourth-order valence-corrected chi connectivity index (χ4v) is 4.12. The molecule has 1 heterocycles. The quantitative estimate of drug-likeness (QED) is 0.813. The normalized spacial score (nSPS) is 19.9. The molecule has 0 amide bonds. The van der Waals surface area contributed by atoms with Gasteiger partial charge in [0.15, 0.2) is 0 Å². The van der Waals surface area contributed by atoms with Crippen LogP contribution in [0.3, 0.4) is 0 Å². The molecule has 90 valence electrons. The lowest BCUT2D eigenvalue weighted by molar-refractivity contribution is 0.134. The Bertz CT molecular complexity index is 327. The summed E-state index contributed by atoms with van der Waals surface area (Å²) in [5, 5.41) is 10.1. The van der Waals surface area contributed by atoms with E-state index in [1.165, 1.54) is 43.4 Å². The van der Waals surface area contributed by atoms with E-state index in [1.807, 2.05) is 6.07 Å². The molecule has 0 aliphatic heterocycles. The van der Waals surface area contributed by atoms with Gasteiger partial charge in [0, 0.05) is 9.35 Å². The Kier molecular flexibility index (Phi) is 4.71. The highest BCUT2D eigenvalue weighted by Gasteiger charge is 2.20. The van der Waals surface area contributed by atoms with Crippen LogP contribution in [0.25, 0.3) is 0 Å². The second-order valence-electron chi connectivity index (χ2n) is 4.53. The molecule has 1 aromatic rings. The van der Waals surface area contributed by atoms with Gasteiger partial charge in [-0.05, 0) is 34.3 Å². The Morgan fingerprint density at radius 1 is 1.44 bits per heavy atom. The van der Waals surface area contributed by atoms with E-state index in [-0.39, 0.29) is 6.10 Å². The highest BCUT2D eigenvalue weighted by molar-refractivity contribution is 9.10. The Balaban J connectivity index is 1.93. The summed E-state index contributed by atoms with van der Waals surface area (Å²) in [5.41, 5.74) is 0. The van der Waals surface area contributed by atoms with Crippen LogP contribution in [0.1, 0.15) is 49.5 Å². The van der Waals surface area contributed by atoms with Crippen LogP contribution in [0, 0.1) is 5.92 Å². The second kappa shape index (κ2) is 5.85. The van der Waals surface area contributed by atoms with Crippen molar-refractivity contribution in [3.63, 3.8) is 0 Å². The lowest BCUT2D eigenvalue weighted by Crippen LogP contribution is -2.10. The predicted molar refractivity (Wildman–Crippen MR) is 73.2 cm³/mol. The van der Waals surface area contributed by atoms with Crippen molar-refractivity contribution in [2.75, 3.05) is 0 Å². The molecule has 1 unspecified atom stereocenters. The SMILES string of the molecule is OC(CC1CCCCC1)c1cc(Br)c(Cl)s1. The molecule has 1 aliphatic rings. The number of aliphatic hydroxyl groups is 1. The average Bonchev–Trinajstić information content (AvgIpc) is 2.61. The lowest BCUT2D eigenvalue weighted by atomic mass is 9.85. The van der Waals surface area contributed by atoms with E-state index >= 15 is 0 Å². The topological polar surface area (TPSA) is 20.2 Å². The van der Waals surface area contributed by atoms with E-state index in [1.54, 1.807) is 0 Å². The molecule has 1 atom stereocenters. The van der Waals surface area contributed by atoms with Crippen molar-refractivity contribution in [3.05, 3.63) is 19.8 Å². The van der Waals surface area contributed by atoms with Crippen LogP contribution in [0.4, 0.5) is 0 Å². The van der Waals surface area contributed by atoms with Crippen LogP contribution >= 0.6 is 38.9 Å². The Labute approximate surface area is 114 Å². The summed E-state index contributed by atoms with van der Waals surface area (Å²) in [7, 11) is 0. The minimum Gasteiger partial charge on any atom is -0.388 e. The van der Waals surface area contributed by atoms with Crippen molar-refractivity contribution in [2.45, 2.75) is 44.6 Å². The maximum Gasteiger partial charge on any atom is 0.107 e. The smallest absolute Gasteiger partial charge is 0.107 e. The molecule has 0 aromatic carbocycles. The minimum atomic E-state index is -0.336. The largest absolute Gasteiger partial charge is 0.388 e. The van der Waals surface area contributed by atoms with Gasteiger partial charge >= 0.3 is 0 Å². The maximum absolute atomic E-state index is 10.1. The van der Waals surface area contributed by atoms with Crippen LogP contribution in [0.2, 0.25) is 4.34 Å². The summed E-state index contributed by atoms with van der Waals surface area (Å²) < 4.78 is 1.63. The zero-order valence-electron chi connectivity index (χ0n) is 9.09. The first-order chi connectivity index (χ1) is 7.66. The third-order valence-electron chi connectivity index (χ3n) is 3.27. The van der Waals surface area contributed by atoms with Crippen LogP contribution < -0.4 is 0 Å². The molecule has 1 aromatic heterocycles. The van der Waals surface area contributed by atoms with Gasteiger partial charge in [0.2, 0.25) is 0 Å². The zero-order chi connectivity index (χ0) is 11.5. The predicted octanol–water partition coefficient (Wildman–Crippen LogP) is 5.17. The van der Waals surface area contributed by atoms with Crippen molar-refractivity contribution >= 4 is 38.9 Å². The molecule has 4 heteroatoms. The van der Waals surface area contributed by atoms with E-state index in [4.69, 9.17) is 11.6 Å². The summed E-state index contributed by atoms with van der Waals surface area (Å²) in [6.45, 7) is 0. The van der Waals surface area contributed by atoms with E-state index < -0.39 is 0 Å². The summed E-state index contributed by atoms with van der Waals surface area (Å²) >= 11 is 10.8. The lowest BCUT2D eigenvalue weighted by Gasteiger charge is -2.23. The Hall–Kier alpha value is 0.430. The van der Waals surface area contributed by atoms with E-state index in [0.717, 1.165) is 20.1 Å². The molecule has 0 saturated heterocycles. The number of halogens is 2. The van der Waals surface area contributed by atoms with Gasteiger partial charge in [-0.1, -0.05) is 43.7 Å². The molecule has 1 nitrogen and oxygen atoms in total. The summed E-state index contributed by atoms with van der Waals surface area (Å²) in [4.78, 5) is 0.988. The molecular formula is C12H16BrClOS. The van der Waals surface area contributed by atoms with E-state index in [9.17, 15) is 5.11 Å². The molecule has 1 fully saturated rings. The third kappa shape index (κ3) is 3.22. The van der Waals surface area contributed by atoms with Crippen LogP contribution in [0.15, 0.2) is 10.5 Å². The van der Waals surface area contributed by atoms with Gasteiger partial charge < -0.3 is 5.11 Å². The van der Waals surface area contributed by atoms with Gasteiger partial charge in [-0.2, -0.15) is 0 Å². The highest BCUT2D eigenvalue weighted by atomic mass is 79.9. The number of rotatable bonds is 3. The van der Waals surface area contributed by atoms with Gasteiger partial charge in [-0.25, -0.2) is 0 Å². The number of aliphatic hydroxyl groups excluding tert-OH is 1. The monoisotopic (exact) mass is 322 g/mol. The van der Waals surface area contributed by atoms with Crippen LogP contribution in [-0.2, 0) is 0 Å². The van der Waals surface area contributed by atoms with E-state index in [2.05, 4.69) is 15.9 Å². The number of thiophene rings is 1. The highest BCUT2D eigenvalue weighted by Crippen LogP contribution is 2.39. The van der Waals surface area contributed by atoms with Crippen molar-refractivity contribution < 1.29 is 5.11 Å². The molecule has 16 heavy (non-hydrogen) atoms. The molecule has 1 saturated carbocycles. The van der Waals surface area contributed by atoms with Crippen molar-refractivity contribution in [3.8, 4) is 0 Å². The summed E-state index contributed by atoms with van der Waals surface area (Å²) in [5.74, 6) is 0.698. The molecule has 1 aliphatic carbocycles. The molecule has 0 radical (unpaired) electrons. The fraction of sp³-hybridized carbons (Fsp3) is 0.667. The van der Waals surface area contributed by atoms with Crippen LogP contribution in [-0.4, -0.2) is 5.11 Å². The first kappa shape index (κ1) is 12.9. The summed E-state index contributed by atoms with van der Waals surface area (Å²) in [6, 6.07) is 1.94. The van der Waals surface area contributed by atoms with Gasteiger partial charge in [0.25, 0.3) is 0 Å². The first-order valence-corrected chi connectivity index (χ1v) is 7.78. The zero-order valence-corrected chi connectivity index (χ0v) is 12.2. The van der Waals surface area contributed by atoms with Crippen LogP contribution in [0.5, 0.6) is 0 Å². The van der Waals surface area contributed by atoms with Crippen molar-refractivity contribution in [1.29, 1.82) is 0 Å². The van der Waals surface area contributed by atoms with Crippen molar-refractivity contribution in [1.82, 2.24) is 0 Å². The third-order valence-corrected chi connectivity index (χ3v) is 5.85. The van der Waals surface area contributed by atoms with Gasteiger partial charge in [-0.15, -0.1) is 11.3 Å². The maximum atomic E-state index is 10.1. The van der Waals surface area contributed by atoms with Crippen molar-refractivity contribution in [2.24, 2.45) is 5.92 Å². The Morgan fingerprint density at radius 2 is 2.12 bits per heavy atom. The second-order valence-corrected chi connectivity index (χ2v) is 7.07. The fourth-order valence-electron chi connectivity index (χ4n) is 2.38.